The first kappa shape index (κ1) is 16.3. The van der Waals surface area contributed by atoms with E-state index in [2.05, 4.69) is 10.5 Å². The van der Waals surface area contributed by atoms with E-state index in [9.17, 15) is 9.18 Å². The van der Waals surface area contributed by atoms with Crippen molar-refractivity contribution in [3.05, 3.63) is 63.4 Å². The van der Waals surface area contributed by atoms with Gasteiger partial charge in [0.15, 0.2) is 0 Å². The van der Waals surface area contributed by atoms with Crippen LogP contribution in [-0.2, 0) is 0 Å². The second kappa shape index (κ2) is 6.77. The lowest BCUT2D eigenvalue weighted by Crippen LogP contribution is -2.19. The van der Waals surface area contributed by atoms with E-state index in [1.54, 1.807) is 6.92 Å². The number of nitrogens with one attached hydrogen (secondary N) is 1. The molecule has 0 radical (unpaired) electrons. The average molecular weight is 341 g/mol. The maximum atomic E-state index is 13.5. The summed E-state index contributed by atoms with van der Waals surface area (Å²) in [6.07, 6.45) is 0. The Morgan fingerprint density at radius 1 is 1.18 bits per heavy atom. The van der Waals surface area contributed by atoms with Crippen molar-refractivity contribution in [3.63, 3.8) is 0 Å². The number of hydrogen-bond donors (Lipinski definition) is 2. The number of aromatic hydroxyl groups is 1. The van der Waals surface area contributed by atoms with E-state index in [-0.39, 0.29) is 15.8 Å². The van der Waals surface area contributed by atoms with Gasteiger partial charge in [0, 0.05) is 11.1 Å². The number of carbonyl (C=O) groups excluding carboxylic acids is 1. The standard InChI is InChI=1S/C15H11Cl2FN2O2/c1-8(11-6-14(18)13(17)7-12(11)16)19-20-15(22)9-2-4-10(21)5-3-9/h2-7,21H,1H3,(H,20,22)/b19-8-. The molecule has 2 N–H and O–H groups in total. The van der Waals surface area contributed by atoms with Crippen LogP contribution in [0.3, 0.4) is 0 Å². The molecule has 0 fully saturated rings. The molecule has 2 aromatic carbocycles. The highest BCUT2D eigenvalue weighted by Crippen LogP contribution is 2.24. The molecule has 0 aliphatic rings. The van der Waals surface area contributed by atoms with Gasteiger partial charge in [0.1, 0.15) is 11.6 Å². The quantitative estimate of drug-likeness (QED) is 0.504. The Morgan fingerprint density at radius 2 is 1.82 bits per heavy atom. The molecular formula is C15H11Cl2FN2O2. The highest BCUT2D eigenvalue weighted by Gasteiger charge is 2.10. The summed E-state index contributed by atoms with van der Waals surface area (Å²) in [6.45, 7) is 1.58. The minimum absolute atomic E-state index is 0.0552. The summed E-state index contributed by atoms with van der Waals surface area (Å²) < 4.78 is 13.5. The zero-order valence-electron chi connectivity index (χ0n) is 11.4. The Morgan fingerprint density at radius 3 is 2.45 bits per heavy atom. The van der Waals surface area contributed by atoms with Gasteiger partial charge < -0.3 is 5.11 Å². The fourth-order valence-corrected chi connectivity index (χ4v) is 2.19. The lowest BCUT2D eigenvalue weighted by Gasteiger charge is -2.06. The molecule has 22 heavy (non-hydrogen) atoms. The first-order chi connectivity index (χ1) is 10.4. The Balaban J connectivity index is 2.17. The molecule has 0 spiro atoms. The summed E-state index contributed by atoms with van der Waals surface area (Å²) >= 11 is 11.6. The molecule has 1 amide bonds. The second-order valence-electron chi connectivity index (χ2n) is 4.43. The molecule has 0 atom stereocenters. The molecule has 2 rings (SSSR count). The number of carbonyl (C=O) groups is 1. The third-order valence-electron chi connectivity index (χ3n) is 2.85. The number of amides is 1. The van der Waals surface area contributed by atoms with E-state index in [0.717, 1.165) is 6.07 Å². The van der Waals surface area contributed by atoms with Crippen LogP contribution in [0, 0.1) is 5.82 Å². The topological polar surface area (TPSA) is 61.7 Å². The van der Waals surface area contributed by atoms with Crippen LogP contribution in [0.2, 0.25) is 10.0 Å². The minimum atomic E-state index is -0.625. The van der Waals surface area contributed by atoms with Crippen molar-refractivity contribution in [2.45, 2.75) is 6.92 Å². The van der Waals surface area contributed by atoms with Crippen LogP contribution in [0.15, 0.2) is 41.5 Å². The van der Waals surface area contributed by atoms with Crippen molar-refractivity contribution in [2.24, 2.45) is 5.10 Å². The van der Waals surface area contributed by atoms with Gasteiger partial charge >= 0.3 is 0 Å². The smallest absolute Gasteiger partial charge is 0.271 e. The first-order valence-electron chi connectivity index (χ1n) is 6.17. The van der Waals surface area contributed by atoms with E-state index in [0.29, 0.717) is 16.8 Å². The van der Waals surface area contributed by atoms with E-state index in [1.807, 2.05) is 0 Å². The molecule has 0 saturated heterocycles. The summed E-state index contributed by atoms with van der Waals surface area (Å²) in [6, 6.07) is 8.09. The summed E-state index contributed by atoms with van der Waals surface area (Å²) in [5.41, 5.74) is 3.31. The minimum Gasteiger partial charge on any atom is -0.508 e. The Bertz CT molecular complexity index is 746. The van der Waals surface area contributed by atoms with Crippen molar-refractivity contribution in [1.82, 2.24) is 5.43 Å². The predicted molar refractivity (Wildman–Crippen MR) is 84.2 cm³/mol. The molecule has 4 nitrogen and oxygen atoms in total. The van der Waals surface area contributed by atoms with Crippen molar-refractivity contribution >= 4 is 34.8 Å². The molecule has 2 aromatic rings. The number of rotatable bonds is 3. The number of halogens is 3. The maximum absolute atomic E-state index is 13.5. The van der Waals surface area contributed by atoms with Gasteiger partial charge in [-0.05, 0) is 43.3 Å². The summed E-state index contributed by atoms with van der Waals surface area (Å²) in [4.78, 5) is 11.9. The zero-order valence-corrected chi connectivity index (χ0v) is 12.9. The van der Waals surface area contributed by atoms with E-state index in [1.165, 1.54) is 30.3 Å². The number of hydrogen-bond acceptors (Lipinski definition) is 3. The highest BCUT2D eigenvalue weighted by molar-refractivity contribution is 6.37. The molecule has 114 valence electrons. The van der Waals surface area contributed by atoms with Crippen molar-refractivity contribution in [2.75, 3.05) is 0 Å². The van der Waals surface area contributed by atoms with E-state index >= 15 is 0 Å². The Kier molecular flexibility index (Phi) is 5.00. The molecule has 0 aliphatic heterocycles. The normalized spacial score (nSPS) is 11.4. The third kappa shape index (κ3) is 3.75. The average Bonchev–Trinajstić information content (AvgIpc) is 2.49. The predicted octanol–water partition coefficient (Wildman–Crippen LogP) is 3.99. The van der Waals surface area contributed by atoms with E-state index < -0.39 is 11.7 Å². The number of phenolic OH excluding ortho intramolecular Hbond substituents is 1. The highest BCUT2D eigenvalue weighted by atomic mass is 35.5. The van der Waals surface area contributed by atoms with Crippen molar-refractivity contribution in [1.29, 1.82) is 0 Å². The number of nitrogens with zero attached hydrogens (tertiary/aromatic N) is 1. The monoisotopic (exact) mass is 340 g/mol. The number of hydrazone groups is 1. The molecule has 7 heteroatoms. The number of phenols is 1. The Hall–Kier alpha value is -2.11. The van der Waals surface area contributed by atoms with Gasteiger partial charge in [-0.25, -0.2) is 9.82 Å². The zero-order chi connectivity index (χ0) is 16.3. The van der Waals surface area contributed by atoms with Crippen molar-refractivity contribution < 1.29 is 14.3 Å². The summed E-state index contributed by atoms with van der Waals surface area (Å²) in [5.74, 6) is -1.04. The van der Waals surface area contributed by atoms with Crippen LogP contribution in [0.25, 0.3) is 0 Å². The summed E-state index contributed by atoms with van der Waals surface area (Å²) in [7, 11) is 0. The number of benzene rings is 2. The third-order valence-corrected chi connectivity index (χ3v) is 3.46. The molecule has 0 heterocycles. The molecular weight excluding hydrogens is 330 g/mol. The van der Waals surface area contributed by atoms with Crippen LogP contribution in [0.5, 0.6) is 5.75 Å². The summed E-state index contributed by atoms with van der Waals surface area (Å²) in [5, 5.41) is 13.2. The van der Waals surface area contributed by atoms with Crippen molar-refractivity contribution in [3.8, 4) is 5.75 Å². The Labute approximate surface area is 136 Å². The largest absolute Gasteiger partial charge is 0.508 e. The van der Waals surface area contributed by atoms with Gasteiger partial charge in [0.2, 0.25) is 0 Å². The molecule has 0 bridgehead atoms. The SMILES string of the molecule is C/C(=N/NC(=O)c1ccc(O)cc1)c1cc(F)c(Cl)cc1Cl. The molecule has 0 aromatic heterocycles. The maximum Gasteiger partial charge on any atom is 0.271 e. The second-order valence-corrected chi connectivity index (χ2v) is 5.25. The fraction of sp³-hybridized carbons (Fsp3) is 0.0667. The van der Waals surface area contributed by atoms with Gasteiger partial charge in [0.25, 0.3) is 5.91 Å². The van der Waals surface area contributed by atoms with Crippen LogP contribution >= 0.6 is 23.2 Å². The van der Waals surface area contributed by atoms with Gasteiger partial charge in [0.05, 0.1) is 15.8 Å². The van der Waals surface area contributed by atoms with Crippen LogP contribution in [-0.4, -0.2) is 16.7 Å². The van der Waals surface area contributed by atoms with Crippen LogP contribution in [0.4, 0.5) is 4.39 Å². The van der Waals surface area contributed by atoms with Gasteiger partial charge in [-0.15, -0.1) is 0 Å². The lowest BCUT2D eigenvalue weighted by molar-refractivity contribution is 0.0955. The van der Waals surface area contributed by atoms with Gasteiger partial charge in [-0.2, -0.15) is 5.10 Å². The molecule has 0 unspecified atom stereocenters. The van der Waals surface area contributed by atoms with Gasteiger partial charge in [-0.1, -0.05) is 23.2 Å². The molecule has 0 saturated carbocycles. The van der Waals surface area contributed by atoms with Crippen LogP contribution in [0.1, 0.15) is 22.8 Å². The lowest BCUT2D eigenvalue weighted by atomic mass is 10.1. The van der Waals surface area contributed by atoms with Gasteiger partial charge in [-0.3, -0.25) is 4.79 Å². The molecule has 0 aliphatic carbocycles. The first-order valence-corrected chi connectivity index (χ1v) is 6.92. The van der Waals surface area contributed by atoms with E-state index in [4.69, 9.17) is 28.3 Å². The van der Waals surface area contributed by atoms with Crippen LogP contribution < -0.4 is 5.43 Å². The fourth-order valence-electron chi connectivity index (χ4n) is 1.67.